The van der Waals surface area contributed by atoms with Crippen LogP contribution in [-0.4, -0.2) is 75.3 Å². The van der Waals surface area contributed by atoms with Crippen molar-refractivity contribution < 1.29 is 52.9 Å². The lowest BCUT2D eigenvalue weighted by Gasteiger charge is -2.10. The van der Waals surface area contributed by atoms with Gasteiger partial charge in [0.2, 0.25) is 0 Å². The van der Waals surface area contributed by atoms with Gasteiger partial charge in [-0.3, -0.25) is 4.79 Å². The maximum atomic E-state index is 9.07. The lowest BCUT2D eigenvalue weighted by atomic mass is 10.7. The van der Waals surface area contributed by atoms with Crippen LogP contribution in [-0.2, 0) is 19.0 Å². The number of ether oxygens (including phenoxy) is 3. The molecule has 1 heterocycles. The van der Waals surface area contributed by atoms with Crippen LogP contribution >= 0.6 is 48.0 Å². The number of rotatable bonds is 3. The average Bonchev–Trinajstić information content (AvgIpc) is 2.52. The minimum Gasteiger partial charge on any atom is -0.483 e. The molecule has 3 N–H and O–H groups in total. The van der Waals surface area contributed by atoms with E-state index in [-0.39, 0.29) is 24.8 Å². The van der Waals surface area contributed by atoms with Gasteiger partial charge in [-0.2, -0.15) is 0 Å². The Morgan fingerprint density at radius 3 is 1.90 bits per heavy atom. The summed E-state index contributed by atoms with van der Waals surface area (Å²) < 4.78 is 160. The summed E-state index contributed by atoms with van der Waals surface area (Å²) >= 11 is 9.89. The molecular formula is C10H26Cl4N2O5. The largest absolute Gasteiger partial charge is 0.483 e. The first kappa shape index (κ1) is 6.06. The summed E-state index contributed by atoms with van der Waals surface area (Å²) in [6.45, 7) is -21.0. The van der Waals surface area contributed by atoms with E-state index in [0.717, 1.165) is 0 Å². The highest BCUT2D eigenvalue weighted by Gasteiger charge is 1.93. The van der Waals surface area contributed by atoms with Gasteiger partial charge in [0.25, 0.3) is 7.88 Å². The summed E-state index contributed by atoms with van der Waals surface area (Å²) in [7, 11) is 0. The second-order valence-electron chi connectivity index (χ2n) is 1.42. The molecule has 11 heteroatoms. The van der Waals surface area contributed by atoms with E-state index in [1.54, 1.807) is 0 Å². The monoisotopic (exact) mass is 416 g/mol. The van der Waals surface area contributed by atoms with Gasteiger partial charge < -0.3 is 30.0 Å². The molecule has 0 saturated carbocycles. The lowest BCUT2D eigenvalue weighted by Crippen LogP contribution is -2.14. The molecule has 0 atom stereocenters. The number of nitrogens with two attached hydrogens (primary N) is 1. The first-order chi connectivity index (χ1) is 17.3. The number of halogens is 4. The van der Waals surface area contributed by atoms with Crippen molar-refractivity contribution in [2.45, 2.75) is 0 Å². The lowest BCUT2D eigenvalue weighted by molar-refractivity contribution is -0.247. The Bertz CT molecular complexity index is 754. The van der Waals surface area contributed by atoms with Crippen molar-refractivity contribution in [3.05, 3.63) is 0 Å². The number of alkyl halides is 2. The van der Waals surface area contributed by atoms with Gasteiger partial charge in [-0.25, -0.2) is 0 Å². The molecule has 1 saturated heterocycles. The number of hydrogen-bond acceptors (Lipinski definition) is 7. The molecule has 1 aliphatic heterocycles. The van der Waals surface area contributed by atoms with Crippen LogP contribution in [0.5, 0.6) is 0 Å². The van der Waals surface area contributed by atoms with Crippen molar-refractivity contribution in [1.82, 2.24) is 4.90 Å². The topological polar surface area (TPSA) is 94.2 Å². The molecule has 134 valence electrons. The summed E-state index contributed by atoms with van der Waals surface area (Å²) in [5, 5.41) is 3.03. The maximum Gasteiger partial charge on any atom is 0.296 e. The fourth-order valence-electron chi connectivity index (χ4n) is 0.156. The van der Waals surface area contributed by atoms with Gasteiger partial charge in [0.05, 0.1) is 8.22 Å². The second kappa shape index (κ2) is 37.0. The van der Waals surface area contributed by atoms with Crippen LogP contribution in [0.1, 0.15) is 28.8 Å². The molecule has 0 aliphatic carbocycles. The quantitative estimate of drug-likeness (QED) is 0.529. The van der Waals surface area contributed by atoms with E-state index >= 15 is 0 Å². The maximum absolute atomic E-state index is 9.07. The van der Waals surface area contributed by atoms with Gasteiger partial charge in [-0.05, 0) is 14.0 Å². The van der Waals surface area contributed by atoms with Crippen LogP contribution in [0.4, 0.5) is 0 Å². The third-order valence-corrected chi connectivity index (χ3v) is 0.652. The Morgan fingerprint density at radius 1 is 1.38 bits per heavy atom. The minimum absolute atomic E-state index is 0. The fourth-order valence-corrected chi connectivity index (χ4v) is 0.240. The highest BCUT2D eigenvalue weighted by molar-refractivity contribution is 6.18. The van der Waals surface area contributed by atoms with E-state index in [0.29, 0.717) is 0 Å². The summed E-state index contributed by atoms with van der Waals surface area (Å²) in [6.07, 6.45) is -1.33. The van der Waals surface area contributed by atoms with Gasteiger partial charge in [-0.15, -0.1) is 48.0 Å². The zero-order valence-corrected chi connectivity index (χ0v) is 12.8. The Morgan fingerprint density at radius 2 is 1.76 bits per heavy atom. The molecule has 0 spiro atoms. The molecule has 1 fully saturated rings. The summed E-state index contributed by atoms with van der Waals surface area (Å²) in [6, 6.07) is 0. The SMILES string of the molecule is Cl.Cl.[2H]C([2H])(N)C([2H])([2H])Cl.[2H]C([2H])([2H])N(C([2H])([2H])[2H])C([2H])([2H])C([2H])([2H])Cl.[2H]C1([2H])OC([2H])([2H])OC([2H])([2H])O1.[2H]OC([2H])=O. The molecule has 0 bridgehead atoms. The van der Waals surface area contributed by atoms with Gasteiger partial charge >= 0.3 is 0 Å². The molecule has 0 radical (unpaired) electrons. The molecule has 0 aromatic rings. The summed E-state index contributed by atoms with van der Waals surface area (Å²) in [5.74, 6) is -5.64. The molecule has 0 amide bonds. The molecule has 1 aliphatic rings. The van der Waals surface area contributed by atoms with Crippen LogP contribution < -0.4 is 5.73 Å². The van der Waals surface area contributed by atoms with Gasteiger partial charge in [0, 0.05) is 43.8 Å². The van der Waals surface area contributed by atoms with Gasteiger partial charge in [0.1, 0.15) is 0 Å². The van der Waals surface area contributed by atoms with E-state index < -0.39 is 70.2 Å². The average molecular weight is 418 g/mol. The number of hydrogen-bond donors (Lipinski definition) is 2. The predicted octanol–water partition coefficient (Wildman–Crippen LogP) is 1.44. The standard InChI is InChI=1S/C4H10ClN.C3H6O3.C2H6ClN.CH2O2.2ClH/c1-6(2)4-3-5;1-4-2-6-3-5-1;3-1-2-4;2-1-3;;/h3-4H2,1-2H3;1-3H2;1-2,4H2;1H,(H,2,3);2*1H/i1D3,2D3,3D2,4D2;1D2,2D2,3D2;1D2,2D2;1D;;/hD. The number of carbonyl (C=O) groups is 1. The van der Waals surface area contributed by atoms with Crippen molar-refractivity contribution in [2.24, 2.45) is 5.73 Å². The Labute approximate surface area is 179 Å². The van der Waals surface area contributed by atoms with E-state index in [1.807, 2.05) is 0 Å². The van der Waals surface area contributed by atoms with E-state index in [2.05, 4.69) is 25.1 Å². The minimum atomic E-state index is -3.37. The third-order valence-electron chi connectivity index (χ3n) is 0.459. The summed E-state index contributed by atoms with van der Waals surface area (Å²) in [5.41, 5.74) is 4.64. The zero-order chi connectivity index (χ0) is 34.5. The summed E-state index contributed by atoms with van der Waals surface area (Å²) in [4.78, 5) is 8.54. The fraction of sp³-hybridized carbons (Fsp3) is 0.900. The normalized spacial score (nSPS) is 38.1. The molecule has 21 heavy (non-hydrogen) atoms. The Kier molecular flexibility index (Phi) is 10.7. The van der Waals surface area contributed by atoms with Crippen LogP contribution in [0.3, 0.4) is 0 Å². The molecule has 0 unspecified atom stereocenters. The van der Waals surface area contributed by atoms with Crippen LogP contribution in [0.15, 0.2) is 0 Å². The smallest absolute Gasteiger partial charge is 0.296 e. The van der Waals surface area contributed by atoms with Crippen LogP contribution in [0.2, 0.25) is 0 Å². The molecule has 1 rings (SSSR count). The zero-order valence-electron chi connectivity index (χ0n) is 31.6. The second-order valence-corrected chi connectivity index (χ2v) is 1.80. The van der Waals surface area contributed by atoms with Crippen molar-refractivity contribution in [3.8, 4) is 0 Å². The highest BCUT2D eigenvalue weighted by atomic mass is 35.5. The molecule has 0 aromatic carbocycles. The first-order valence-corrected chi connectivity index (χ1v) is 4.23. The van der Waals surface area contributed by atoms with Crippen molar-refractivity contribution in [2.75, 3.05) is 58.8 Å². The predicted molar refractivity (Wildman–Crippen MR) is 90.1 cm³/mol. The molecule has 7 nitrogen and oxygen atoms in total. The van der Waals surface area contributed by atoms with Crippen LogP contribution in [0, 0.1) is 0 Å². The number of carboxylic acid groups (broad SMARTS) is 1. The third kappa shape index (κ3) is 63.8. The van der Waals surface area contributed by atoms with Gasteiger partial charge in [-0.1, -0.05) is 0 Å². The highest BCUT2D eigenvalue weighted by Crippen LogP contribution is 1.87. The molecular weight excluding hydrogens is 370 g/mol. The molecule has 0 aromatic heterocycles. The van der Waals surface area contributed by atoms with Crippen LogP contribution in [0.25, 0.3) is 1.43 Å². The van der Waals surface area contributed by atoms with E-state index in [4.69, 9.17) is 58.2 Å². The van der Waals surface area contributed by atoms with Crippen molar-refractivity contribution in [1.29, 1.82) is 1.43 Å². The van der Waals surface area contributed by atoms with E-state index in [9.17, 15) is 0 Å². The first-order valence-electron chi connectivity index (χ1n) is 14.4. The van der Waals surface area contributed by atoms with Crippen molar-refractivity contribution >= 4 is 54.5 Å². The van der Waals surface area contributed by atoms with Crippen molar-refractivity contribution in [3.63, 3.8) is 0 Å². The van der Waals surface area contributed by atoms with E-state index in [1.165, 1.54) is 0 Å². The Hall–Kier alpha value is 0.430. The van der Waals surface area contributed by atoms with Gasteiger partial charge in [0.15, 0.2) is 21.6 Å². The number of nitrogens with zero attached hydrogens (tertiary/aromatic N) is 1. The Balaban J connectivity index is -0.000000158.